The predicted molar refractivity (Wildman–Crippen MR) is 79.8 cm³/mol. The SMILES string of the molecule is CCOC1=NC(CCCC[C@H](N)C(=O)OC)CCCC1. The first-order valence-corrected chi connectivity index (χ1v) is 7.70. The van der Waals surface area contributed by atoms with Crippen molar-refractivity contribution in [1.82, 2.24) is 0 Å². The first-order chi connectivity index (χ1) is 9.67. The number of nitrogens with two attached hydrogens (primary N) is 1. The molecule has 1 unspecified atom stereocenters. The molecule has 0 saturated heterocycles. The lowest BCUT2D eigenvalue weighted by molar-refractivity contribution is -0.142. The lowest BCUT2D eigenvalue weighted by atomic mass is 10.0. The van der Waals surface area contributed by atoms with Gasteiger partial charge in [0.1, 0.15) is 6.04 Å². The first kappa shape index (κ1) is 17.0. The van der Waals surface area contributed by atoms with Crippen LogP contribution in [0, 0.1) is 0 Å². The van der Waals surface area contributed by atoms with Crippen molar-refractivity contribution in [2.45, 2.75) is 70.4 Å². The highest BCUT2D eigenvalue weighted by molar-refractivity contribution is 5.76. The van der Waals surface area contributed by atoms with Gasteiger partial charge >= 0.3 is 5.97 Å². The van der Waals surface area contributed by atoms with E-state index >= 15 is 0 Å². The van der Waals surface area contributed by atoms with E-state index < -0.39 is 6.04 Å². The maximum absolute atomic E-state index is 11.2. The van der Waals surface area contributed by atoms with Crippen LogP contribution in [0.5, 0.6) is 0 Å². The minimum atomic E-state index is -0.489. The molecule has 0 aliphatic carbocycles. The van der Waals surface area contributed by atoms with E-state index in [9.17, 15) is 4.79 Å². The fourth-order valence-electron chi connectivity index (χ4n) is 2.49. The van der Waals surface area contributed by atoms with Crippen LogP contribution in [-0.4, -0.2) is 37.7 Å². The van der Waals surface area contributed by atoms with E-state index in [2.05, 4.69) is 4.74 Å². The van der Waals surface area contributed by atoms with Crippen molar-refractivity contribution in [3.63, 3.8) is 0 Å². The molecule has 0 aromatic rings. The zero-order valence-corrected chi connectivity index (χ0v) is 12.8. The van der Waals surface area contributed by atoms with Crippen molar-refractivity contribution in [2.24, 2.45) is 10.7 Å². The molecule has 0 bridgehead atoms. The number of ether oxygens (including phenoxy) is 2. The summed E-state index contributed by atoms with van der Waals surface area (Å²) in [5.74, 6) is 0.595. The van der Waals surface area contributed by atoms with Crippen molar-refractivity contribution in [3.8, 4) is 0 Å². The molecule has 0 aromatic heterocycles. The Morgan fingerprint density at radius 3 is 2.95 bits per heavy atom. The van der Waals surface area contributed by atoms with E-state index in [0.717, 1.165) is 38.0 Å². The number of esters is 1. The summed E-state index contributed by atoms with van der Waals surface area (Å²) >= 11 is 0. The number of methoxy groups -OCH3 is 1. The zero-order chi connectivity index (χ0) is 14.8. The Morgan fingerprint density at radius 2 is 2.25 bits per heavy atom. The van der Waals surface area contributed by atoms with Crippen LogP contribution in [0.3, 0.4) is 0 Å². The summed E-state index contributed by atoms with van der Waals surface area (Å²) < 4.78 is 10.2. The van der Waals surface area contributed by atoms with Crippen LogP contribution in [0.1, 0.15) is 58.3 Å². The molecule has 0 spiro atoms. The number of unbranched alkanes of at least 4 members (excludes halogenated alkanes) is 1. The quantitative estimate of drug-likeness (QED) is 0.575. The summed E-state index contributed by atoms with van der Waals surface area (Å²) in [5.41, 5.74) is 5.71. The van der Waals surface area contributed by atoms with Crippen molar-refractivity contribution >= 4 is 11.9 Å². The molecule has 1 aliphatic rings. The molecule has 5 nitrogen and oxygen atoms in total. The molecular formula is C15H28N2O3. The van der Waals surface area contributed by atoms with Gasteiger partial charge in [0.05, 0.1) is 19.8 Å². The zero-order valence-electron chi connectivity index (χ0n) is 12.8. The van der Waals surface area contributed by atoms with Gasteiger partial charge in [0.15, 0.2) is 5.90 Å². The van der Waals surface area contributed by atoms with E-state index in [1.165, 1.54) is 20.0 Å². The predicted octanol–water partition coefficient (Wildman–Crippen LogP) is 2.42. The maximum Gasteiger partial charge on any atom is 0.322 e. The van der Waals surface area contributed by atoms with E-state index in [-0.39, 0.29) is 5.97 Å². The van der Waals surface area contributed by atoms with E-state index in [1.54, 1.807) is 0 Å². The lowest BCUT2D eigenvalue weighted by Gasteiger charge is -2.13. The fourth-order valence-corrected chi connectivity index (χ4v) is 2.49. The van der Waals surface area contributed by atoms with Crippen LogP contribution in [-0.2, 0) is 14.3 Å². The normalized spacial score (nSPS) is 20.8. The highest BCUT2D eigenvalue weighted by Crippen LogP contribution is 2.19. The molecule has 0 aromatic carbocycles. The molecular weight excluding hydrogens is 256 g/mol. The number of carbonyl (C=O) groups excluding carboxylic acids is 1. The van der Waals surface area contributed by atoms with Crippen LogP contribution in [0.25, 0.3) is 0 Å². The molecule has 2 atom stereocenters. The van der Waals surface area contributed by atoms with Gasteiger partial charge in [-0.15, -0.1) is 0 Å². The molecule has 0 radical (unpaired) electrons. The van der Waals surface area contributed by atoms with Gasteiger partial charge in [-0.3, -0.25) is 9.79 Å². The van der Waals surface area contributed by atoms with Gasteiger partial charge in [-0.05, 0) is 32.6 Å². The molecule has 116 valence electrons. The Labute approximate surface area is 121 Å². The molecule has 0 saturated carbocycles. The standard InChI is InChI=1S/C15H28N2O3/c1-3-20-14-11-7-5-9-12(17-14)8-4-6-10-13(16)15(18)19-2/h12-13H,3-11,16H2,1-2H3/t12?,13-/m0/s1. The molecule has 2 N–H and O–H groups in total. The van der Waals surface area contributed by atoms with Gasteiger partial charge in [-0.25, -0.2) is 0 Å². The summed E-state index contributed by atoms with van der Waals surface area (Å²) in [4.78, 5) is 15.9. The van der Waals surface area contributed by atoms with Gasteiger partial charge in [0.2, 0.25) is 0 Å². The molecule has 0 fully saturated rings. The van der Waals surface area contributed by atoms with Crippen LogP contribution in [0.2, 0.25) is 0 Å². The maximum atomic E-state index is 11.2. The molecule has 1 heterocycles. The Kier molecular flexibility index (Phi) is 8.26. The third-order valence-corrected chi connectivity index (χ3v) is 3.62. The van der Waals surface area contributed by atoms with Crippen LogP contribution < -0.4 is 5.73 Å². The van der Waals surface area contributed by atoms with Gasteiger partial charge in [-0.2, -0.15) is 0 Å². The van der Waals surface area contributed by atoms with Crippen LogP contribution >= 0.6 is 0 Å². The Hall–Kier alpha value is -1.10. The minimum Gasteiger partial charge on any atom is -0.481 e. The molecule has 20 heavy (non-hydrogen) atoms. The Bertz CT molecular complexity index is 318. The smallest absolute Gasteiger partial charge is 0.322 e. The number of aliphatic imine (C=N–C) groups is 1. The fraction of sp³-hybridized carbons (Fsp3) is 0.867. The number of hydrogen-bond donors (Lipinski definition) is 1. The topological polar surface area (TPSA) is 73.9 Å². The molecule has 0 amide bonds. The Morgan fingerprint density at radius 1 is 1.45 bits per heavy atom. The monoisotopic (exact) mass is 284 g/mol. The highest BCUT2D eigenvalue weighted by Gasteiger charge is 2.16. The summed E-state index contributed by atoms with van der Waals surface area (Å²) in [6, 6.07) is -0.120. The summed E-state index contributed by atoms with van der Waals surface area (Å²) in [5, 5.41) is 0. The second-order valence-corrected chi connectivity index (χ2v) is 5.27. The number of rotatable bonds is 7. The van der Waals surface area contributed by atoms with E-state index in [1.807, 2.05) is 6.92 Å². The van der Waals surface area contributed by atoms with Crippen LogP contribution in [0.4, 0.5) is 0 Å². The van der Waals surface area contributed by atoms with Crippen LogP contribution in [0.15, 0.2) is 4.99 Å². The number of nitrogens with zero attached hydrogens (tertiary/aromatic N) is 1. The van der Waals surface area contributed by atoms with E-state index in [4.69, 9.17) is 15.5 Å². The van der Waals surface area contributed by atoms with Crippen molar-refractivity contribution in [2.75, 3.05) is 13.7 Å². The van der Waals surface area contributed by atoms with Gasteiger partial charge in [0.25, 0.3) is 0 Å². The second kappa shape index (κ2) is 9.75. The van der Waals surface area contributed by atoms with Crippen molar-refractivity contribution in [1.29, 1.82) is 0 Å². The molecule has 5 heteroatoms. The number of hydrogen-bond acceptors (Lipinski definition) is 5. The first-order valence-electron chi connectivity index (χ1n) is 7.70. The summed E-state index contributed by atoms with van der Waals surface area (Å²) in [6.45, 7) is 2.69. The lowest BCUT2D eigenvalue weighted by Crippen LogP contribution is -2.31. The summed E-state index contributed by atoms with van der Waals surface area (Å²) in [6.07, 6.45) is 8.20. The third-order valence-electron chi connectivity index (χ3n) is 3.62. The minimum absolute atomic E-state index is 0.323. The van der Waals surface area contributed by atoms with Crippen molar-refractivity contribution < 1.29 is 14.3 Å². The van der Waals surface area contributed by atoms with Gasteiger partial charge in [0, 0.05) is 6.42 Å². The molecule has 1 aliphatic heterocycles. The highest BCUT2D eigenvalue weighted by atomic mass is 16.5. The van der Waals surface area contributed by atoms with Gasteiger partial charge in [-0.1, -0.05) is 19.3 Å². The molecule has 1 rings (SSSR count). The second-order valence-electron chi connectivity index (χ2n) is 5.27. The average molecular weight is 284 g/mol. The van der Waals surface area contributed by atoms with Gasteiger partial charge < -0.3 is 15.2 Å². The average Bonchev–Trinajstić information content (AvgIpc) is 2.68. The third kappa shape index (κ3) is 6.37. The summed E-state index contributed by atoms with van der Waals surface area (Å²) in [7, 11) is 1.37. The Balaban J connectivity index is 2.26. The van der Waals surface area contributed by atoms with E-state index in [0.29, 0.717) is 19.1 Å². The van der Waals surface area contributed by atoms with Crippen molar-refractivity contribution in [3.05, 3.63) is 0 Å². The number of carbonyl (C=O) groups is 1. The largest absolute Gasteiger partial charge is 0.481 e.